The third kappa shape index (κ3) is 2.27. The number of ether oxygens (including phenoxy) is 1. The zero-order valence-corrected chi connectivity index (χ0v) is 12.1. The Morgan fingerprint density at radius 2 is 2.22 bits per heavy atom. The molecule has 0 aliphatic carbocycles. The molecule has 4 heteroatoms. The van der Waals surface area contributed by atoms with Gasteiger partial charge < -0.3 is 4.74 Å². The number of hydrogen-bond acceptors (Lipinski definition) is 2. The first-order valence-electron chi connectivity index (χ1n) is 6.04. The van der Waals surface area contributed by atoms with Crippen molar-refractivity contribution in [3.05, 3.63) is 40.5 Å². The van der Waals surface area contributed by atoms with E-state index in [9.17, 15) is 0 Å². The molecule has 1 aliphatic heterocycles. The Morgan fingerprint density at radius 1 is 1.33 bits per heavy atom. The number of pyridine rings is 1. The van der Waals surface area contributed by atoms with Crippen molar-refractivity contribution in [2.45, 2.75) is 24.3 Å². The summed E-state index contributed by atoms with van der Waals surface area (Å²) >= 11 is 9.79. The molecule has 18 heavy (non-hydrogen) atoms. The van der Waals surface area contributed by atoms with Crippen molar-refractivity contribution < 1.29 is 4.74 Å². The van der Waals surface area contributed by atoms with Crippen LogP contribution in [0, 0.1) is 0 Å². The number of benzene rings is 1. The van der Waals surface area contributed by atoms with Gasteiger partial charge in [0.2, 0.25) is 0 Å². The largest absolute Gasteiger partial charge is 0.373 e. The SMILES string of the molecule is ClC1CCOC(c2ccc(Br)c3cccnc23)C1. The maximum Gasteiger partial charge on any atom is 0.0860 e. The topological polar surface area (TPSA) is 22.1 Å². The van der Waals surface area contributed by atoms with Crippen molar-refractivity contribution >= 4 is 38.4 Å². The zero-order chi connectivity index (χ0) is 12.5. The lowest BCUT2D eigenvalue weighted by molar-refractivity contribution is 0.0177. The van der Waals surface area contributed by atoms with E-state index in [1.807, 2.05) is 12.3 Å². The molecular formula is C14H13BrClNO. The third-order valence-corrected chi connectivity index (χ3v) is 4.40. The van der Waals surface area contributed by atoms with Crippen LogP contribution in [0.2, 0.25) is 0 Å². The molecule has 0 N–H and O–H groups in total. The van der Waals surface area contributed by atoms with Crippen molar-refractivity contribution in [1.29, 1.82) is 0 Å². The average Bonchev–Trinajstić information content (AvgIpc) is 2.39. The van der Waals surface area contributed by atoms with Crippen LogP contribution in [-0.2, 0) is 4.74 Å². The molecule has 1 aromatic carbocycles. The number of hydrogen-bond donors (Lipinski definition) is 0. The second-order valence-electron chi connectivity index (χ2n) is 4.52. The lowest BCUT2D eigenvalue weighted by Gasteiger charge is -2.27. The van der Waals surface area contributed by atoms with Gasteiger partial charge in [0.25, 0.3) is 0 Å². The summed E-state index contributed by atoms with van der Waals surface area (Å²) in [5.74, 6) is 0. The van der Waals surface area contributed by atoms with Gasteiger partial charge in [-0.25, -0.2) is 0 Å². The standard InChI is InChI=1S/C14H13BrClNO/c15-12-4-3-11(13-8-9(16)5-7-18-13)14-10(12)2-1-6-17-14/h1-4,6,9,13H,5,7-8H2. The number of halogens is 2. The van der Waals surface area contributed by atoms with Crippen molar-refractivity contribution in [3.8, 4) is 0 Å². The molecule has 2 atom stereocenters. The number of aromatic nitrogens is 1. The van der Waals surface area contributed by atoms with Crippen molar-refractivity contribution in [3.63, 3.8) is 0 Å². The smallest absolute Gasteiger partial charge is 0.0860 e. The normalized spacial score (nSPS) is 24.3. The Hall–Kier alpha value is -0.640. The molecule has 0 radical (unpaired) electrons. The molecule has 2 aromatic rings. The highest BCUT2D eigenvalue weighted by molar-refractivity contribution is 9.10. The van der Waals surface area contributed by atoms with Crippen molar-refractivity contribution in [1.82, 2.24) is 4.98 Å². The minimum atomic E-state index is 0.0618. The predicted molar refractivity (Wildman–Crippen MR) is 77.0 cm³/mol. The van der Waals surface area contributed by atoms with Crippen LogP contribution in [0.15, 0.2) is 34.9 Å². The third-order valence-electron chi connectivity index (χ3n) is 3.31. The summed E-state index contributed by atoms with van der Waals surface area (Å²) < 4.78 is 6.91. The first-order valence-corrected chi connectivity index (χ1v) is 7.27. The highest BCUT2D eigenvalue weighted by atomic mass is 79.9. The van der Waals surface area contributed by atoms with Crippen LogP contribution >= 0.6 is 27.5 Å². The van der Waals surface area contributed by atoms with Crippen molar-refractivity contribution in [2.75, 3.05) is 6.61 Å². The maximum atomic E-state index is 6.23. The molecule has 1 saturated heterocycles. The fraction of sp³-hybridized carbons (Fsp3) is 0.357. The molecule has 1 aliphatic rings. The van der Waals surface area contributed by atoms with Gasteiger partial charge in [-0.2, -0.15) is 0 Å². The Bertz CT molecular complexity index is 575. The van der Waals surface area contributed by atoms with Gasteiger partial charge in [0.15, 0.2) is 0 Å². The summed E-state index contributed by atoms with van der Waals surface area (Å²) in [5.41, 5.74) is 2.14. The molecule has 1 aromatic heterocycles. The Morgan fingerprint density at radius 3 is 3.06 bits per heavy atom. The highest BCUT2D eigenvalue weighted by Crippen LogP contribution is 2.35. The quantitative estimate of drug-likeness (QED) is 0.722. The second kappa shape index (κ2) is 5.16. The molecule has 94 valence electrons. The summed E-state index contributed by atoms with van der Waals surface area (Å²) in [6.45, 7) is 0.725. The number of rotatable bonds is 1. The summed E-state index contributed by atoms with van der Waals surface area (Å²) in [6.07, 6.45) is 3.67. The van der Waals surface area contributed by atoms with E-state index >= 15 is 0 Å². The summed E-state index contributed by atoms with van der Waals surface area (Å²) in [5, 5.41) is 1.32. The zero-order valence-electron chi connectivity index (χ0n) is 9.77. The maximum absolute atomic E-state index is 6.23. The molecule has 1 fully saturated rings. The Balaban J connectivity index is 2.09. The lowest BCUT2D eigenvalue weighted by atomic mass is 9.98. The molecule has 0 spiro atoms. The number of alkyl halides is 1. The summed E-state index contributed by atoms with van der Waals surface area (Å²) in [7, 11) is 0. The molecule has 2 heterocycles. The fourth-order valence-corrected chi connectivity index (χ4v) is 3.10. The van der Waals surface area contributed by atoms with Crippen LogP contribution in [0.1, 0.15) is 24.5 Å². The molecule has 0 amide bonds. The molecule has 0 bridgehead atoms. The van der Waals surface area contributed by atoms with Gasteiger partial charge in [-0.15, -0.1) is 11.6 Å². The van der Waals surface area contributed by atoms with E-state index in [1.165, 1.54) is 0 Å². The van der Waals surface area contributed by atoms with E-state index in [0.29, 0.717) is 0 Å². The van der Waals surface area contributed by atoms with Gasteiger partial charge in [-0.1, -0.05) is 28.1 Å². The number of nitrogens with zero attached hydrogens (tertiary/aromatic N) is 1. The molecular weight excluding hydrogens is 314 g/mol. The monoisotopic (exact) mass is 325 g/mol. The van der Waals surface area contributed by atoms with E-state index in [-0.39, 0.29) is 11.5 Å². The van der Waals surface area contributed by atoms with Crippen LogP contribution < -0.4 is 0 Å². The van der Waals surface area contributed by atoms with E-state index < -0.39 is 0 Å². The van der Waals surface area contributed by atoms with Gasteiger partial charge in [-0.3, -0.25) is 4.98 Å². The summed E-state index contributed by atoms with van der Waals surface area (Å²) in [6, 6.07) is 8.15. The van der Waals surface area contributed by atoms with E-state index in [1.54, 1.807) is 0 Å². The number of fused-ring (bicyclic) bond motifs is 1. The molecule has 0 saturated carbocycles. The lowest BCUT2D eigenvalue weighted by Crippen LogP contribution is -2.20. The first-order chi connectivity index (χ1) is 8.75. The van der Waals surface area contributed by atoms with Crippen LogP contribution in [0.25, 0.3) is 10.9 Å². The minimum absolute atomic E-state index is 0.0618. The van der Waals surface area contributed by atoms with E-state index in [0.717, 1.165) is 40.4 Å². The molecule has 2 unspecified atom stereocenters. The second-order valence-corrected chi connectivity index (χ2v) is 5.99. The predicted octanol–water partition coefficient (Wildman–Crippen LogP) is 4.46. The average molecular weight is 327 g/mol. The van der Waals surface area contributed by atoms with Gasteiger partial charge in [0.05, 0.1) is 11.6 Å². The summed E-state index contributed by atoms with van der Waals surface area (Å²) in [4.78, 5) is 4.49. The van der Waals surface area contributed by atoms with Crippen LogP contribution in [0.5, 0.6) is 0 Å². The first kappa shape index (κ1) is 12.4. The highest BCUT2D eigenvalue weighted by Gasteiger charge is 2.24. The van der Waals surface area contributed by atoms with Gasteiger partial charge in [-0.05, 0) is 25.0 Å². The Labute approximate surface area is 119 Å². The molecule has 3 rings (SSSR count). The minimum Gasteiger partial charge on any atom is -0.373 e. The Kier molecular flexibility index (Phi) is 3.55. The van der Waals surface area contributed by atoms with Gasteiger partial charge in [0, 0.05) is 33.6 Å². The van der Waals surface area contributed by atoms with Crippen LogP contribution in [0.3, 0.4) is 0 Å². The van der Waals surface area contributed by atoms with Crippen LogP contribution in [0.4, 0.5) is 0 Å². The van der Waals surface area contributed by atoms with Crippen molar-refractivity contribution in [2.24, 2.45) is 0 Å². The molecule has 2 nitrogen and oxygen atoms in total. The van der Waals surface area contributed by atoms with Gasteiger partial charge in [0.1, 0.15) is 0 Å². The van der Waals surface area contributed by atoms with Crippen LogP contribution in [-0.4, -0.2) is 17.0 Å². The van der Waals surface area contributed by atoms with E-state index in [2.05, 4.69) is 39.1 Å². The van der Waals surface area contributed by atoms with E-state index in [4.69, 9.17) is 16.3 Å². The van der Waals surface area contributed by atoms with Gasteiger partial charge >= 0.3 is 0 Å². The fourth-order valence-electron chi connectivity index (χ4n) is 2.39.